The Bertz CT molecular complexity index is 808. The number of nitrogens with two attached hydrogens (primary N) is 1. The molecule has 116 valence electrons. The molecule has 0 aliphatic carbocycles. The maximum Gasteiger partial charge on any atom is 0.374 e. The van der Waals surface area contributed by atoms with Crippen molar-refractivity contribution in [2.75, 3.05) is 0 Å². The zero-order chi connectivity index (χ0) is 16.3. The minimum atomic E-state index is -4.03. The number of nitro benzene ring substituents is 1. The summed E-state index contributed by atoms with van der Waals surface area (Å²) < 4.78 is 31.7. The van der Waals surface area contributed by atoms with E-state index in [0.29, 0.717) is 5.56 Å². The van der Waals surface area contributed by atoms with E-state index >= 15 is 0 Å². The van der Waals surface area contributed by atoms with Crippen LogP contribution in [0.5, 0.6) is 0 Å². The number of benzene rings is 1. The summed E-state index contributed by atoms with van der Waals surface area (Å²) in [7, 11) is -4.03. The third-order valence-corrected chi connectivity index (χ3v) is 3.36. The number of hydrogen-bond donors (Lipinski definition) is 1. The molecule has 2 N–H and O–H groups in total. The summed E-state index contributed by atoms with van der Waals surface area (Å²) in [5.74, 6) is -1.20. The zero-order valence-electron chi connectivity index (χ0n) is 11.0. The van der Waals surface area contributed by atoms with Crippen molar-refractivity contribution >= 4 is 21.7 Å². The molecule has 22 heavy (non-hydrogen) atoms. The van der Waals surface area contributed by atoms with Gasteiger partial charge in [0.25, 0.3) is 15.7 Å². The Hall–Kier alpha value is -2.72. The Kier molecular flexibility index (Phi) is 4.24. The van der Waals surface area contributed by atoms with E-state index in [9.17, 15) is 23.3 Å². The number of nitrogens with zero attached hydrogens (tertiary/aromatic N) is 1. The molecule has 0 atom stereocenters. The van der Waals surface area contributed by atoms with E-state index < -0.39 is 26.0 Å². The smallest absolute Gasteiger partial charge is 0.374 e. The van der Waals surface area contributed by atoms with Gasteiger partial charge in [-0.1, -0.05) is 0 Å². The lowest BCUT2D eigenvalue weighted by atomic mass is 10.2. The van der Waals surface area contributed by atoms with Crippen molar-refractivity contribution in [2.45, 2.75) is 11.7 Å². The molecule has 0 saturated carbocycles. The van der Waals surface area contributed by atoms with Gasteiger partial charge in [0.15, 0.2) is 0 Å². The number of nitro groups is 1. The first-order chi connectivity index (χ1) is 10.3. The summed E-state index contributed by atoms with van der Waals surface area (Å²) >= 11 is 0. The van der Waals surface area contributed by atoms with E-state index in [2.05, 4.69) is 0 Å². The summed E-state index contributed by atoms with van der Waals surface area (Å²) in [6.07, 6.45) is 0. The molecular weight excluding hydrogens is 316 g/mol. The zero-order valence-corrected chi connectivity index (χ0v) is 11.8. The predicted molar refractivity (Wildman–Crippen MR) is 72.3 cm³/mol. The molecule has 10 heteroatoms. The lowest BCUT2D eigenvalue weighted by molar-refractivity contribution is -0.384. The van der Waals surface area contributed by atoms with Crippen molar-refractivity contribution in [2.24, 2.45) is 5.14 Å². The number of carbonyl (C=O) groups is 1. The number of ether oxygens (including phenoxy) is 1. The molecule has 1 heterocycles. The third kappa shape index (κ3) is 3.68. The van der Waals surface area contributed by atoms with Crippen LogP contribution in [0.2, 0.25) is 0 Å². The largest absolute Gasteiger partial charge is 0.455 e. The Morgan fingerprint density at radius 2 is 1.86 bits per heavy atom. The van der Waals surface area contributed by atoms with E-state index in [4.69, 9.17) is 14.3 Å². The van der Waals surface area contributed by atoms with E-state index in [1.54, 1.807) is 0 Å². The lowest BCUT2D eigenvalue weighted by Gasteiger charge is -2.02. The van der Waals surface area contributed by atoms with Gasteiger partial charge in [0.1, 0.15) is 6.61 Å². The second kappa shape index (κ2) is 5.95. The van der Waals surface area contributed by atoms with Crippen molar-refractivity contribution in [1.29, 1.82) is 0 Å². The van der Waals surface area contributed by atoms with Crippen LogP contribution in [0.3, 0.4) is 0 Å². The Morgan fingerprint density at radius 1 is 1.23 bits per heavy atom. The number of sulfonamides is 1. The highest BCUT2D eigenvalue weighted by molar-refractivity contribution is 7.89. The molecule has 0 bridgehead atoms. The Morgan fingerprint density at radius 3 is 2.36 bits per heavy atom. The first-order valence-corrected chi connectivity index (χ1v) is 7.35. The van der Waals surface area contributed by atoms with Crippen LogP contribution in [0.15, 0.2) is 45.9 Å². The fourth-order valence-electron chi connectivity index (χ4n) is 1.52. The Labute approximate surface area is 124 Å². The second-order valence-electron chi connectivity index (χ2n) is 4.16. The molecule has 0 amide bonds. The van der Waals surface area contributed by atoms with Crippen molar-refractivity contribution in [3.63, 3.8) is 0 Å². The van der Waals surface area contributed by atoms with Gasteiger partial charge in [0.2, 0.25) is 10.9 Å². The number of esters is 1. The number of rotatable bonds is 5. The summed E-state index contributed by atoms with van der Waals surface area (Å²) in [5.41, 5.74) is 0.441. The second-order valence-corrected chi connectivity index (χ2v) is 5.66. The van der Waals surface area contributed by atoms with Crippen LogP contribution in [0.1, 0.15) is 16.1 Å². The number of primary sulfonamides is 1. The predicted octanol–water partition coefficient (Wildman–Crippen LogP) is 1.19. The molecule has 1 aromatic heterocycles. The van der Waals surface area contributed by atoms with E-state index in [0.717, 1.165) is 12.1 Å². The topological polar surface area (TPSA) is 143 Å². The van der Waals surface area contributed by atoms with Gasteiger partial charge in [0, 0.05) is 12.1 Å². The first kappa shape index (κ1) is 15.7. The highest BCUT2D eigenvalue weighted by atomic mass is 32.2. The minimum Gasteiger partial charge on any atom is -0.455 e. The first-order valence-electron chi connectivity index (χ1n) is 5.80. The average Bonchev–Trinajstić information content (AvgIpc) is 2.95. The van der Waals surface area contributed by atoms with Gasteiger partial charge in [-0.05, 0) is 29.8 Å². The summed E-state index contributed by atoms with van der Waals surface area (Å²) in [6, 6.07) is 7.58. The van der Waals surface area contributed by atoms with Gasteiger partial charge < -0.3 is 9.15 Å². The maximum atomic E-state index is 11.7. The molecule has 0 aliphatic heterocycles. The Balaban J connectivity index is 2.00. The molecule has 9 nitrogen and oxygen atoms in total. The fourth-order valence-corrected chi connectivity index (χ4v) is 1.98. The highest BCUT2D eigenvalue weighted by Crippen LogP contribution is 2.15. The van der Waals surface area contributed by atoms with Crippen molar-refractivity contribution < 1.29 is 27.3 Å². The molecule has 0 spiro atoms. The van der Waals surface area contributed by atoms with Crippen molar-refractivity contribution in [3.8, 4) is 0 Å². The van der Waals surface area contributed by atoms with Gasteiger partial charge in [-0.15, -0.1) is 0 Å². The quantitative estimate of drug-likeness (QED) is 0.494. The number of carbonyl (C=O) groups excluding carboxylic acids is 1. The van der Waals surface area contributed by atoms with Crippen LogP contribution < -0.4 is 5.14 Å². The van der Waals surface area contributed by atoms with E-state index in [1.807, 2.05) is 0 Å². The minimum absolute atomic E-state index is 0.0843. The van der Waals surface area contributed by atoms with Gasteiger partial charge in [0.05, 0.1) is 4.92 Å². The molecule has 2 aromatic rings. The van der Waals surface area contributed by atoms with Crippen LogP contribution in [0.4, 0.5) is 5.69 Å². The third-order valence-electron chi connectivity index (χ3n) is 2.58. The molecular formula is C12H10N2O7S. The van der Waals surface area contributed by atoms with Crippen LogP contribution in [0.25, 0.3) is 0 Å². The summed E-state index contributed by atoms with van der Waals surface area (Å²) in [5, 5.41) is 14.8. The van der Waals surface area contributed by atoms with Gasteiger partial charge in [-0.25, -0.2) is 18.4 Å². The van der Waals surface area contributed by atoms with Crippen LogP contribution >= 0.6 is 0 Å². The van der Waals surface area contributed by atoms with Gasteiger partial charge in [-0.3, -0.25) is 10.1 Å². The van der Waals surface area contributed by atoms with E-state index in [1.165, 1.54) is 24.3 Å². The summed E-state index contributed by atoms with van der Waals surface area (Å²) in [6.45, 7) is -0.151. The average molecular weight is 326 g/mol. The fraction of sp³-hybridized carbons (Fsp3) is 0.0833. The van der Waals surface area contributed by atoms with Gasteiger partial charge in [-0.2, -0.15) is 0 Å². The van der Waals surface area contributed by atoms with Crippen LogP contribution in [-0.4, -0.2) is 19.3 Å². The van der Waals surface area contributed by atoms with Crippen molar-refractivity contribution in [1.82, 2.24) is 0 Å². The molecule has 0 radical (unpaired) electrons. The maximum absolute atomic E-state index is 11.7. The number of non-ortho nitro benzene ring substituents is 1. The van der Waals surface area contributed by atoms with Crippen LogP contribution in [0, 0.1) is 10.1 Å². The molecule has 0 saturated heterocycles. The molecule has 0 fully saturated rings. The standard InChI is InChI=1S/C12H10N2O7S/c13-22(18,19)11-6-5-10(21-11)12(15)20-7-8-1-3-9(4-2-8)14(16)17/h1-6H,7H2,(H2,13,18,19). The molecule has 0 unspecified atom stereocenters. The highest BCUT2D eigenvalue weighted by Gasteiger charge is 2.18. The lowest BCUT2D eigenvalue weighted by Crippen LogP contribution is -2.11. The van der Waals surface area contributed by atoms with Crippen molar-refractivity contribution in [3.05, 3.63) is 57.8 Å². The number of hydrogen-bond acceptors (Lipinski definition) is 7. The normalized spacial score (nSPS) is 11.1. The van der Waals surface area contributed by atoms with E-state index in [-0.39, 0.29) is 18.1 Å². The van der Waals surface area contributed by atoms with Crippen LogP contribution in [-0.2, 0) is 21.4 Å². The molecule has 2 rings (SSSR count). The molecule has 0 aliphatic rings. The van der Waals surface area contributed by atoms with Gasteiger partial charge >= 0.3 is 5.97 Å². The summed E-state index contributed by atoms with van der Waals surface area (Å²) in [4.78, 5) is 21.6. The molecule has 1 aromatic carbocycles. The number of furan rings is 1. The SMILES string of the molecule is NS(=O)(=O)c1ccc(C(=O)OCc2ccc([N+](=O)[O-])cc2)o1. The monoisotopic (exact) mass is 326 g/mol.